The van der Waals surface area contributed by atoms with Gasteiger partial charge in [-0.1, -0.05) is 29.8 Å². The third kappa shape index (κ3) is 5.17. The Labute approximate surface area is 161 Å². The highest BCUT2D eigenvalue weighted by Crippen LogP contribution is 2.22. The summed E-state index contributed by atoms with van der Waals surface area (Å²) < 4.78 is 13.6. The van der Waals surface area contributed by atoms with Crippen LogP contribution in [0.5, 0.6) is 0 Å². The first-order valence-electron chi connectivity index (χ1n) is 7.85. The van der Waals surface area contributed by atoms with Gasteiger partial charge in [0.15, 0.2) is 0 Å². The minimum Gasteiger partial charge on any atom is -0.348 e. The van der Waals surface area contributed by atoms with Crippen LogP contribution in [0.15, 0.2) is 59.4 Å². The third-order valence-electron chi connectivity index (χ3n) is 3.61. The van der Waals surface area contributed by atoms with E-state index in [1.165, 1.54) is 13.1 Å². The van der Waals surface area contributed by atoms with Crippen molar-refractivity contribution in [2.45, 2.75) is 25.3 Å². The van der Waals surface area contributed by atoms with E-state index in [0.29, 0.717) is 21.9 Å². The number of nitrogens with two attached hydrogens (primary N) is 1. The Bertz CT molecular complexity index is 846. The van der Waals surface area contributed by atoms with Crippen molar-refractivity contribution < 1.29 is 9.18 Å². The molecule has 0 unspecified atom stereocenters. The molecule has 0 aliphatic carbocycles. The van der Waals surface area contributed by atoms with Crippen molar-refractivity contribution in [1.29, 1.82) is 0 Å². The number of pyridine rings is 1. The second-order valence-corrected chi connectivity index (χ2v) is 6.55. The average Bonchev–Trinajstić information content (AvgIpc) is 2.64. The molecule has 0 fully saturated rings. The van der Waals surface area contributed by atoms with Gasteiger partial charge in [0.1, 0.15) is 5.83 Å². The van der Waals surface area contributed by atoms with Crippen molar-refractivity contribution >= 4 is 35.0 Å². The molecule has 1 aromatic heterocycles. The maximum atomic E-state index is 13.6. The van der Waals surface area contributed by atoms with Gasteiger partial charge in [0.05, 0.1) is 11.3 Å². The highest BCUT2D eigenvalue weighted by Gasteiger charge is 2.10. The van der Waals surface area contributed by atoms with Gasteiger partial charge < -0.3 is 5.32 Å². The van der Waals surface area contributed by atoms with Crippen molar-refractivity contribution in [2.75, 3.05) is 0 Å². The van der Waals surface area contributed by atoms with E-state index in [0.717, 1.165) is 22.4 Å². The van der Waals surface area contributed by atoms with Crippen molar-refractivity contribution in [3.8, 4) is 0 Å². The molecule has 7 heteroatoms. The number of benzene rings is 1. The SMILES string of the molecule is C/C=C\C(=C(/C)F)c1ccc(C(=O)NCc2ccc(SN)cc2Cl)cn1. The van der Waals surface area contributed by atoms with E-state index in [4.69, 9.17) is 16.7 Å². The maximum Gasteiger partial charge on any atom is 0.253 e. The predicted molar refractivity (Wildman–Crippen MR) is 105 cm³/mol. The molecular weight excluding hydrogens is 373 g/mol. The fourth-order valence-electron chi connectivity index (χ4n) is 2.25. The summed E-state index contributed by atoms with van der Waals surface area (Å²) in [5, 5.41) is 8.81. The van der Waals surface area contributed by atoms with Crippen LogP contribution in [0.25, 0.3) is 5.57 Å². The summed E-state index contributed by atoms with van der Waals surface area (Å²) in [6, 6.07) is 8.63. The van der Waals surface area contributed by atoms with E-state index < -0.39 is 0 Å². The van der Waals surface area contributed by atoms with Crippen LogP contribution >= 0.6 is 23.5 Å². The highest BCUT2D eigenvalue weighted by atomic mass is 35.5. The number of nitrogens with one attached hydrogen (secondary N) is 1. The molecule has 136 valence electrons. The molecule has 4 nitrogen and oxygen atoms in total. The molecule has 1 heterocycles. The average molecular weight is 392 g/mol. The van der Waals surface area contributed by atoms with Gasteiger partial charge in [-0.15, -0.1) is 0 Å². The predicted octanol–water partition coefficient (Wildman–Crippen LogP) is 4.91. The van der Waals surface area contributed by atoms with Gasteiger partial charge in [-0.25, -0.2) is 4.39 Å². The molecule has 1 aromatic carbocycles. The molecule has 0 radical (unpaired) electrons. The molecule has 0 saturated heterocycles. The van der Waals surface area contributed by atoms with Gasteiger partial charge in [0, 0.05) is 28.2 Å². The van der Waals surface area contributed by atoms with Crippen LogP contribution in [0.3, 0.4) is 0 Å². The van der Waals surface area contributed by atoms with Crippen molar-refractivity contribution in [3.05, 3.63) is 76.4 Å². The lowest BCUT2D eigenvalue weighted by molar-refractivity contribution is 0.0950. The van der Waals surface area contributed by atoms with Gasteiger partial charge in [-0.05, 0) is 55.6 Å². The van der Waals surface area contributed by atoms with E-state index in [1.807, 2.05) is 12.1 Å². The number of hydrogen-bond acceptors (Lipinski definition) is 4. The van der Waals surface area contributed by atoms with Crippen molar-refractivity contribution in [2.24, 2.45) is 5.14 Å². The Morgan fingerprint density at radius 3 is 2.69 bits per heavy atom. The van der Waals surface area contributed by atoms with Gasteiger partial charge in [0.2, 0.25) is 0 Å². The van der Waals surface area contributed by atoms with E-state index in [1.54, 1.807) is 37.3 Å². The lowest BCUT2D eigenvalue weighted by Crippen LogP contribution is -2.23. The highest BCUT2D eigenvalue weighted by molar-refractivity contribution is 7.97. The lowest BCUT2D eigenvalue weighted by Gasteiger charge is -2.09. The number of nitrogens with zero attached hydrogens (tertiary/aromatic N) is 1. The zero-order chi connectivity index (χ0) is 19.1. The van der Waals surface area contributed by atoms with Crippen LogP contribution in [0.4, 0.5) is 4.39 Å². The molecule has 2 aromatic rings. The Morgan fingerprint density at radius 1 is 1.38 bits per heavy atom. The standard InChI is InChI=1S/C19H19ClFN3OS/c1-3-4-16(12(2)21)18-8-6-14(11-23-18)19(25)24-10-13-5-7-15(26-22)9-17(13)20/h3-9,11H,10,22H2,1-2H3,(H,24,25)/b4-3-,16-12-. The van der Waals surface area contributed by atoms with Crippen LogP contribution in [-0.2, 0) is 6.54 Å². The molecule has 0 bridgehead atoms. The number of halogens is 2. The number of amides is 1. The van der Waals surface area contributed by atoms with E-state index in [9.17, 15) is 9.18 Å². The smallest absolute Gasteiger partial charge is 0.253 e. The summed E-state index contributed by atoms with van der Waals surface area (Å²) in [4.78, 5) is 17.3. The minimum absolute atomic E-state index is 0.280. The second-order valence-electron chi connectivity index (χ2n) is 5.43. The van der Waals surface area contributed by atoms with Crippen LogP contribution < -0.4 is 10.5 Å². The first-order valence-corrected chi connectivity index (χ1v) is 9.11. The monoisotopic (exact) mass is 391 g/mol. The zero-order valence-electron chi connectivity index (χ0n) is 14.4. The fourth-order valence-corrected chi connectivity index (χ4v) is 2.90. The number of hydrogen-bond donors (Lipinski definition) is 2. The Hall–Kier alpha value is -2.15. The Kier molecular flexibility index (Phi) is 7.38. The summed E-state index contributed by atoms with van der Waals surface area (Å²) in [6.45, 7) is 3.45. The molecule has 1 amide bonds. The molecule has 0 aliphatic rings. The molecule has 2 rings (SSSR count). The summed E-state index contributed by atoms with van der Waals surface area (Å²) in [6.07, 6.45) is 4.80. The molecule has 0 saturated carbocycles. The fraction of sp³-hybridized carbons (Fsp3) is 0.158. The Balaban J connectivity index is 2.07. The van der Waals surface area contributed by atoms with Gasteiger partial charge in [-0.2, -0.15) is 0 Å². The van der Waals surface area contributed by atoms with Crippen LogP contribution in [0.2, 0.25) is 5.02 Å². The normalized spacial score (nSPS) is 12.2. The number of allylic oxidation sites excluding steroid dienone is 4. The molecule has 0 atom stereocenters. The number of rotatable bonds is 6. The molecular formula is C19H19ClFN3OS. The van der Waals surface area contributed by atoms with Crippen molar-refractivity contribution in [3.63, 3.8) is 0 Å². The molecule has 3 N–H and O–H groups in total. The number of carbonyl (C=O) groups excluding carboxylic acids is 1. The quantitative estimate of drug-likeness (QED) is 0.542. The number of carbonyl (C=O) groups is 1. The first-order chi connectivity index (χ1) is 12.5. The van der Waals surface area contributed by atoms with Crippen molar-refractivity contribution in [1.82, 2.24) is 10.3 Å². The third-order valence-corrected chi connectivity index (χ3v) is 4.48. The van der Waals surface area contributed by atoms with Crippen LogP contribution in [-0.4, -0.2) is 10.9 Å². The lowest BCUT2D eigenvalue weighted by atomic mass is 10.1. The molecule has 0 aliphatic heterocycles. The van der Waals surface area contributed by atoms with Crippen LogP contribution in [0.1, 0.15) is 35.5 Å². The molecule has 0 spiro atoms. The van der Waals surface area contributed by atoms with Gasteiger partial charge >= 0.3 is 0 Å². The topological polar surface area (TPSA) is 68.0 Å². The van der Waals surface area contributed by atoms with Crippen LogP contribution in [0, 0.1) is 0 Å². The van der Waals surface area contributed by atoms with E-state index >= 15 is 0 Å². The van der Waals surface area contributed by atoms with Gasteiger partial charge in [0.25, 0.3) is 5.91 Å². The maximum absolute atomic E-state index is 13.6. The minimum atomic E-state index is -0.332. The summed E-state index contributed by atoms with van der Waals surface area (Å²) in [5.41, 5.74) is 2.03. The van der Waals surface area contributed by atoms with E-state index in [2.05, 4.69) is 10.3 Å². The van der Waals surface area contributed by atoms with E-state index in [-0.39, 0.29) is 18.3 Å². The summed E-state index contributed by atoms with van der Waals surface area (Å²) in [7, 11) is 0. The Morgan fingerprint density at radius 2 is 2.15 bits per heavy atom. The molecule has 26 heavy (non-hydrogen) atoms. The largest absolute Gasteiger partial charge is 0.348 e. The summed E-state index contributed by atoms with van der Waals surface area (Å²) >= 11 is 7.28. The summed E-state index contributed by atoms with van der Waals surface area (Å²) in [5.74, 6) is -0.618. The number of aromatic nitrogens is 1. The second kappa shape index (κ2) is 9.52. The zero-order valence-corrected chi connectivity index (χ0v) is 16.0. The first kappa shape index (κ1) is 20.2. The van der Waals surface area contributed by atoms with Gasteiger partial charge in [-0.3, -0.25) is 14.9 Å².